The van der Waals surface area contributed by atoms with Gasteiger partial charge < -0.3 is 11.1 Å². The van der Waals surface area contributed by atoms with Crippen molar-refractivity contribution < 1.29 is 4.79 Å². The van der Waals surface area contributed by atoms with Crippen molar-refractivity contribution in [3.8, 4) is 0 Å². The van der Waals surface area contributed by atoms with Crippen LogP contribution in [0.25, 0.3) is 0 Å². The Hall–Kier alpha value is -0.870. The van der Waals surface area contributed by atoms with Crippen LogP contribution in [0.4, 0.5) is 0 Å². The lowest BCUT2D eigenvalue weighted by atomic mass is 10.1. The number of rotatable bonds is 6. The summed E-state index contributed by atoms with van der Waals surface area (Å²) in [6.45, 7) is 6.14. The van der Waals surface area contributed by atoms with Crippen LogP contribution >= 0.6 is 11.3 Å². The monoisotopic (exact) mass is 254 g/mol. The average Bonchev–Trinajstić information content (AvgIpc) is 2.64. The highest BCUT2D eigenvalue weighted by atomic mass is 32.1. The van der Waals surface area contributed by atoms with Crippen LogP contribution < -0.4 is 11.1 Å². The third kappa shape index (κ3) is 4.88. The van der Waals surface area contributed by atoms with Gasteiger partial charge in [-0.05, 0) is 32.4 Å². The number of carbonyl (C=O) groups excluding carboxylic acids is 1. The van der Waals surface area contributed by atoms with Crippen molar-refractivity contribution in [2.24, 2.45) is 5.73 Å². The average molecular weight is 254 g/mol. The molecule has 0 aromatic carbocycles. The second-order valence-corrected chi connectivity index (χ2v) is 5.89. The third-order valence-corrected chi connectivity index (χ3v) is 3.65. The van der Waals surface area contributed by atoms with Gasteiger partial charge in [-0.15, -0.1) is 11.3 Å². The number of hydrogen-bond donors (Lipinski definition) is 2. The summed E-state index contributed by atoms with van der Waals surface area (Å²) in [5.41, 5.74) is 5.76. The van der Waals surface area contributed by atoms with Crippen molar-refractivity contribution >= 4 is 17.2 Å². The van der Waals surface area contributed by atoms with Crippen molar-refractivity contribution in [1.29, 1.82) is 0 Å². The summed E-state index contributed by atoms with van der Waals surface area (Å²) in [7, 11) is 0. The minimum atomic E-state index is -0.368. The standard InChI is InChI=1S/C13H22N2OS/c1-4-5-12(14)13(16)15-9(2)8-11-7-6-10(3)17-11/h6-7,9,12H,4-5,8,14H2,1-3H3,(H,15,16)/t9?,12-/m1/s1. The number of thiophene rings is 1. The first-order valence-corrected chi connectivity index (χ1v) is 6.95. The number of aryl methyl sites for hydroxylation is 1. The van der Waals surface area contributed by atoms with E-state index in [2.05, 4.69) is 24.4 Å². The Balaban J connectivity index is 2.38. The Morgan fingerprint density at radius 2 is 2.24 bits per heavy atom. The first kappa shape index (κ1) is 14.2. The summed E-state index contributed by atoms with van der Waals surface area (Å²) in [6, 6.07) is 4.00. The van der Waals surface area contributed by atoms with Crippen molar-refractivity contribution in [3.63, 3.8) is 0 Å². The minimum absolute atomic E-state index is 0.0346. The number of carbonyl (C=O) groups is 1. The second kappa shape index (κ2) is 6.77. The van der Waals surface area contributed by atoms with E-state index >= 15 is 0 Å². The fourth-order valence-electron chi connectivity index (χ4n) is 1.74. The van der Waals surface area contributed by atoms with Crippen LogP contribution in [0, 0.1) is 6.92 Å². The van der Waals surface area contributed by atoms with E-state index in [0.717, 1.165) is 19.3 Å². The lowest BCUT2D eigenvalue weighted by molar-refractivity contribution is -0.123. The zero-order valence-electron chi connectivity index (χ0n) is 10.8. The van der Waals surface area contributed by atoms with Gasteiger partial charge in [-0.25, -0.2) is 0 Å². The molecular formula is C13H22N2OS. The lowest BCUT2D eigenvalue weighted by Gasteiger charge is -2.16. The van der Waals surface area contributed by atoms with Crippen LogP contribution in [-0.2, 0) is 11.2 Å². The molecule has 96 valence electrons. The summed E-state index contributed by atoms with van der Waals surface area (Å²) < 4.78 is 0. The predicted molar refractivity (Wildman–Crippen MR) is 73.2 cm³/mol. The Morgan fingerprint density at radius 3 is 2.76 bits per heavy atom. The molecule has 0 bridgehead atoms. The van der Waals surface area contributed by atoms with E-state index in [-0.39, 0.29) is 18.0 Å². The molecule has 0 aliphatic carbocycles. The van der Waals surface area contributed by atoms with Gasteiger partial charge >= 0.3 is 0 Å². The highest BCUT2D eigenvalue weighted by Crippen LogP contribution is 2.16. The molecule has 1 heterocycles. The third-order valence-electron chi connectivity index (χ3n) is 2.63. The largest absolute Gasteiger partial charge is 0.352 e. The molecule has 17 heavy (non-hydrogen) atoms. The van der Waals surface area contributed by atoms with Crippen LogP contribution in [0.3, 0.4) is 0 Å². The summed E-state index contributed by atoms with van der Waals surface area (Å²) in [4.78, 5) is 14.3. The van der Waals surface area contributed by atoms with Crippen LogP contribution in [0.5, 0.6) is 0 Å². The van der Waals surface area contributed by atoms with Gasteiger partial charge in [0.2, 0.25) is 5.91 Å². The summed E-state index contributed by atoms with van der Waals surface area (Å²) in [5, 5.41) is 2.96. The quantitative estimate of drug-likeness (QED) is 0.818. The summed E-state index contributed by atoms with van der Waals surface area (Å²) in [5.74, 6) is -0.0346. The Morgan fingerprint density at radius 1 is 1.53 bits per heavy atom. The maximum Gasteiger partial charge on any atom is 0.237 e. The van der Waals surface area contributed by atoms with Gasteiger partial charge in [0.25, 0.3) is 0 Å². The highest BCUT2D eigenvalue weighted by molar-refractivity contribution is 7.11. The van der Waals surface area contributed by atoms with Crippen molar-refractivity contribution in [2.75, 3.05) is 0 Å². The Bertz CT molecular complexity index is 362. The topological polar surface area (TPSA) is 55.1 Å². The van der Waals surface area contributed by atoms with Gasteiger partial charge in [-0.2, -0.15) is 0 Å². The molecule has 0 aliphatic heterocycles. The van der Waals surface area contributed by atoms with Crippen molar-refractivity contribution in [2.45, 2.75) is 52.1 Å². The molecule has 0 aliphatic rings. The van der Waals surface area contributed by atoms with Gasteiger partial charge in [0.15, 0.2) is 0 Å². The molecule has 0 saturated carbocycles. The molecule has 1 amide bonds. The second-order valence-electron chi connectivity index (χ2n) is 4.52. The molecule has 0 spiro atoms. The smallest absolute Gasteiger partial charge is 0.237 e. The Labute approximate surface area is 107 Å². The van der Waals surface area contributed by atoms with E-state index < -0.39 is 0 Å². The number of hydrogen-bond acceptors (Lipinski definition) is 3. The molecule has 3 N–H and O–H groups in total. The molecule has 1 aromatic rings. The van der Waals surface area contributed by atoms with Crippen LogP contribution in [0.2, 0.25) is 0 Å². The predicted octanol–water partition coefficient (Wildman–Crippen LogP) is 2.23. The molecule has 0 saturated heterocycles. The fourth-order valence-corrected chi connectivity index (χ4v) is 2.76. The van der Waals surface area contributed by atoms with E-state index in [4.69, 9.17) is 5.73 Å². The maximum absolute atomic E-state index is 11.7. The van der Waals surface area contributed by atoms with Crippen molar-refractivity contribution in [3.05, 3.63) is 21.9 Å². The lowest BCUT2D eigenvalue weighted by Crippen LogP contribution is -2.44. The molecule has 2 atom stereocenters. The molecule has 1 unspecified atom stereocenters. The SMILES string of the molecule is CCC[C@@H](N)C(=O)NC(C)Cc1ccc(C)s1. The molecule has 1 rings (SSSR count). The zero-order chi connectivity index (χ0) is 12.8. The number of nitrogens with two attached hydrogens (primary N) is 1. The normalized spacial score (nSPS) is 14.4. The first-order valence-electron chi connectivity index (χ1n) is 6.14. The van der Waals surface area contributed by atoms with E-state index in [9.17, 15) is 4.79 Å². The summed E-state index contributed by atoms with van der Waals surface area (Å²) >= 11 is 1.78. The molecule has 0 fully saturated rings. The van der Waals surface area contributed by atoms with Gasteiger partial charge in [0.05, 0.1) is 6.04 Å². The summed E-state index contributed by atoms with van der Waals surface area (Å²) in [6.07, 6.45) is 2.56. The van der Waals surface area contributed by atoms with Gasteiger partial charge in [-0.3, -0.25) is 4.79 Å². The van der Waals surface area contributed by atoms with E-state index in [1.165, 1.54) is 9.75 Å². The highest BCUT2D eigenvalue weighted by Gasteiger charge is 2.15. The van der Waals surface area contributed by atoms with E-state index in [1.54, 1.807) is 11.3 Å². The van der Waals surface area contributed by atoms with Crippen LogP contribution in [-0.4, -0.2) is 18.0 Å². The first-order chi connectivity index (χ1) is 8.02. The zero-order valence-corrected chi connectivity index (χ0v) is 11.6. The van der Waals surface area contributed by atoms with Crippen LogP contribution in [0.1, 0.15) is 36.4 Å². The molecule has 0 radical (unpaired) electrons. The number of amides is 1. The van der Waals surface area contributed by atoms with E-state index in [0.29, 0.717) is 0 Å². The minimum Gasteiger partial charge on any atom is -0.352 e. The molecule has 1 aromatic heterocycles. The number of nitrogens with one attached hydrogen (secondary N) is 1. The van der Waals surface area contributed by atoms with Crippen LogP contribution in [0.15, 0.2) is 12.1 Å². The molecule has 4 heteroatoms. The Kier molecular flexibility index (Phi) is 5.65. The van der Waals surface area contributed by atoms with Gasteiger partial charge in [-0.1, -0.05) is 13.3 Å². The van der Waals surface area contributed by atoms with Gasteiger partial charge in [0, 0.05) is 22.2 Å². The maximum atomic E-state index is 11.7. The molecule has 3 nitrogen and oxygen atoms in total. The van der Waals surface area contributed by atoms with Gasteiger partial charge in [0.1, 0.15) is 0 Å². The van der Waals surface area contributed by atoms with E-state index in [1.807, 2.05) is 13.8 Å². The molecular weight excluding hydrogens is 232 g/mol. The van der Waals surface area contributed by atoms with Crippen molar-refractivity contribution in [1.82, 2.24) is 5.32 Å². The fraction of sp³-hybridized carbons (Fsp3) is 0.615.